The van der Waals surface area contributed by atoms with Gasteiger partial charge in [-0.25, -0.2) is 0 Å². The van der Waals surface area contributed by atoms with Gasteiger partial charge in [-0.05, 0) is 37.3 Å². The van der Waals surface area contributed by atoms with Crippen LogP contribution in [-0.4, -0.2) is 23.4 Å². The quantitative estimate of drug-likeness (QED) is 0.832. The van der Waals surface area contributed by atoms with Gasteiger partial charge in [-0.2, -0.15) is 0 Å². The summed E-state index contributed by atoms with van der Waals surface area (Å²) in [6.45, 7) is 2.43. The van der Waals surface area contributed by atoms with Crippen LogP contribution < -0.4 is 10.1 Å². The highest BCUT2D eigenvalue weighted by molar-refractivity contribution is 6.09. The number of carbonyl (C=O) groups excluding carboxylic acids is 2. The Morgan fingerprint density at radius 1 is 1.17 bits per heavy atom. The lowest BCUT2D eigenvalue weighted by atomic mass is 9.88. The number of anilines is 1. The molecule has 5 heteroatoms. The van der Waals surface area contributed by atoms with Gasteiger partial charge < -0.3 is 15.2 Å². The van der Waals surface area contributed by atoms with Gasteiger partial charge in [0.15, 0.2) is 11.4 Å². The van der Waals surface area contributed by atoms with E-state index in [1.165, 1.54) is 0 Å². The molecule has 1 aliphatic heterocycles. The second kappa shape index (κ2) is 5.85. The predicted molar refractivity (Wildman–Crippen MR) is 85.5 cm³/mol. The normalized spacial score (nSPS) is 19.1. The highest BCUT2D eigenvalue weighted by Gasteiger charge is 2.46. The van der Waals surface area contributed by atoms with Crippen molar-refractivity contribution in [2.75, 3.05) is 11.9 Å². The number of carbonyl (C=O) groups is 2. The molecule has 23 heavy (non-hydrogen) atoms. The Labute approximate surface area is 133 Å². The molecule has 118 valence electrons. The highest BCUT2D eigenvalue weighted by Crippen LogP contribution is 2.38. The Kier molecular flexibility index (Phi) is 3.88. The van der Waals surface area contributed by atoms with Crippen molar-refractivity contribution in [3.05, 3.63) is 59.7 Å². The number of hydrogen-bond acceptors (Lipinski definition) is 4. The molecule has 0 saturated heterocycles. The molecule has 2 aromatic carbocycles. The van der Waals surface area contributed by atoms with E-state index in [-0.39, 0.29) is 12.2 Å². The van der Waals surface area contributed by atoms with Gasteiger partial charge in [0.05, 0.1) is 13.0 Å². The molecule has 2 aromatic rings. The number of fused-ring (bicyclic) bond motifs is 1. The number of nitrogens with one attached hydrogen (secondary N) is 1. The first kappa shape index (κ1) is 15.2. The molecule has 1 heterocycles. The van der Waals surface area contributed by atoms with E-state index in [0.29, 0.717) is 29.2 Å². The fraction of sp³-hybridized carbons (Fsp3) is 0.222. The van der Waals surface area contributed by atoms with Gasteiger partial charge in [0.2, 0.25) is 0 Å². The molecule has 0 saturated carbocycles. The van der Waals surface area contributed by atoms with Crippen molar-refractivity contribution in [2.24, 2.45) is 0 Å². The van der Waals surface area contributed by atoms with Crippen molar-refractivity contribution in [3.63, 3.8) is 0 Å². The van der Waals surface area contributed by atoms with E-state index in [9.17, 15) is 14.7 Å². The van der Waals surface area contributed by atoms with Gasteiger partial charge in [0.25, 0.3) is 5.91 Å². The Hall–Kier alpha value is -2.66. The summed E-state index contributed by atoms with van der Waals surface area (Å²) in [5.74, 6) is -0.202. The van der Waals surface area contributed by atoms with Crippen LogP contribution in [0.5, 0.6) is 5.75 Å². The van der Waals surface area contributed by atoms with Gasteiger partial charge in [-0.3, -0.25) is 9.59 Å². The minimum atomic E-state index is -1.83. The van der Waals surface area contributed by atoms with E-state index in [1.807, 2.05) is 6.92 Å². The average molecular weight is 311 g/mol. The molecule has 5 nitrogen and oxygen atoms in total. The summed E-state index contributed by atoms with van der Waals surface area (Å²) in [5.41, 5.74) is -0.422. The summed E-state index contributed by atoms with van der Waals surface area (Å²) < 4.78 is 5.33. The minimum absolute atomic E-state index is 0.302. The maximum atomic E-state index is 12.4. The van der Waals surface area contributed by atoms with Gasteiger partial charge in [0, 0.05) is 16.8 Å². The SMILES string of the molecule is CCOc1ccc(C(=O)C[C@]2(O)C(=O)Nc3ccccc32)cc1. The number of aliphatic hydroxyl groups is 1. The number of ketones is 1. The van der Waals surface area contributed by atoms with E-state index < -0.39 is 11.5 Å². The third-order valence-electron chi connectivity index (χ3n) is 3.90. The lowest BCUT2D eigenvalue weighted by Crippen LogP contribution is -2.36. The topological polar surface area (TPSA) is 75.6 Å². The molecule has 0 spiro atoms. The smallest absolute Gasteiger partial charge is 0.261 e. The summed E-state index contributed by atoms with van der Waals surface area (Å²) in [7, 11) is 0. The van der Waals surface area contributed by atoms with Crippen molar-refractivity contribution in [1.29, 1.82) is 0 Å². The molecule has 1 atom stereocenters. The van der Waals surface area contributed by atoms with Crippen LogP contribution in [0.15, 0.2) is 48.5 Å². The fourth-order valence-electron chi connectivity index (χ4n) is 2.71. The third-order valence-corrected chi connectivity index (χ3v) is 3.90. The molecule has 0 bridgehead atoms. The van der Waals surface area contributed by atoms with Gasteiger partial charge in [-0.15, -0.1) is 0 Å². The summed E-state index contributed by atoms with van der Waals surface area (Å²) in [6, 6.07) is 13.5. The number of ether oxygens (including phenoxy) is 1. The molecule has 0 unspecified atom stereocenters. The molecule has 1 aliphatic rings. The van der Waals surface area contributed by atoms with Crippen LogP contribution in [0.3, 0.4) is 0 Å². The van der Waals surface area contributed by atoms with E-state index in [0.717, 1.165) is 0 Å². The first-order valence-corrected chi connectivity index (χ1v) is 7.44. The van der Waals surface area contributed by atoms with E-state index in [2.05, 4.69) is 5.32 Å². The monoisotopic (exact) mass is 311 g/mol. The molecule has 0 fully saturated rings. The van der Waals surface area contributed by atoms with Gasteiger partial charge >= 0.3 is 0 Å². The zero-order valence-corrected chi connectivity index (χ0v) is 12.7. The molecule has 1 amide bonds. The van der Waals surface area contributed by atoms with Gasteiger partial charge in [0.1, 0.15) is 5.75 Å². The van der Waals surface area contributed by atoms with Gasteiger partial charge in [-0.1, -0.05) is 18.2 Å². The molecule has 0 aliphatic carbocycles. The Morgan fingerprint density at radius 2 is 1.87 bits per heavy atom. The zero-order chi connectivity index (χ0) is 16.4. The van der Waals surface area contributed by atoms with Crippen LogP contribution >= 0.6 is 0 Å². The third kappa shape index (κ3) is 2.71. The second-order valence-corrected chi connectivity index (χ2v) is 5.42. The predicted octanol–water partition coefficient (Wildman–Crippen LogP) is 2.50. The summed E-state index contributed by atoms with van der Waals surface area (Å²) in [4.78, 5) is 24.6. The summed E-state index contributed by atoms with van der Waals surface area (Å²) in [6.07, 6.45) is -0.302. The summed E-state index contributed by atoms with van der Waals surface area (Å²) in [5, 5.41) is 13.3. The number of Topliss-reactive ketones (excluding diaryl/α,β-unsaturated/α-hetero) is 1. The Morgan fingerprint density at radius 3 is 2.57 bits per heavy atom. The summed E-state index contributed by atoms with van der Waals surface area (Å²) >= 11 is 0. The number of benzene rings is 2. The fourth-order valence-corrected chi connectivity index (χ4v) is 2.71. The van der Waals surface area contributed by atoms with Crippen LogP contribution in [0.25, 0.3) is 0 Å². The number of amides is 1. The lowest BCUT2D eigenvalue weighted by Gasteiger charge is -2.20. The van der Waals surface area contributed by atoms with E-state index >= 15 is 0 Å². The van der Waals surface area contributed by atoms with Crippen molar-refractivity contribution in [3.8, 4) is 5.75 Å². The van der Waals surface area contributed by atoms with Crippen LogP contribution in [-0.2, 0) is 10.4 Å². The molecular weight excluding hydrogens is 294 g/mol. The van der Waals surface area contributed by atoms with E-state index in [1.54, 1.807) is 48.5 Å². The van der Waals surface area contributed by atoms with Crippen molar-refractivity contribution in [2.45, 2.75) is 18.9 Å². The Balaban J connectivity index is 1.83. The molecule has 0 aromatic heterocycles. The van der Waals surface area contributed by atoms with E-state index in [4.69, 9.17) is 4.74 Å². The number of rotatable bonds is 5. The maximum Gasteiger partial charge on any atom is 0.261 e. The standard InChI is InChI=1S/C18H17NO4/c1-2-23-13-9-7-12(8-10-13)16(20)11-18(22)14-5-3-4-6-15(14)19-17(18)21/h3-10,22H,2,11H2,1H3,(H,19,21)/t18-/m1/s1. The lowest BCUT2D eigenvalue weighted by molar-refractivity contribution is -0.133. The molecular formula is C18H17NO4. The number of hydrogen-bond donors (Lipinski definition) is 2. The Bertz CT molecular complexity index is 754. The van der Waals surface area contributed by atoms with Crippen molar-refractivity contribution < 1.29 is 19.4 Å². The highest BCUT2D eigenvalue weighted by atomic mass is 16.5. The van der Waals surface area contributed by atoms with Crippen LogP contribution in [0.2, 0.25) is 0 Å². The first-order valence-electron chi connectivity index (χ1n) is 7.44. The van der Waals surface area contributed by atoms with Crippen molar-refractivity contribution >= 4 is 17.4 Å². The largest absolute Gasteiger partial charge is 0.494 e. The second-order valence-electron chi connectivity index (χ2n) is 5.42. The average Bonchev–Trinajstić information content (AvgIpc) is 2.80. The zero-order valence-electron chi connectivity index (χ0n) is 12.7. The minimum Gasteiger partial charge on any atom is -0.494 e. The molecule has 0 radical (unpaired) electrons. The maximum absolute atomic E-state index is 12.4. The first-order chi connectivity index (χ1) is 11.0. The molecule has 3 rings (SSSR count). The number of para-hydroxylation sites is 1. The van der Waals surface area contributed by atoms with Crippen LogP contribution in [0, 0.1) is 0 Å². The van der Waals surface area contributed by atoms with Crippen molar-refractivity contribution in [1.82, 2.24) is 0 Å². The molecule has 2 N–H and O–H groups in total. The van der Waals surface area contributed by atoms with Crippen LogP contribution in [0.4, 0.5) is 5.69 Å². The van der Waals surface area contributed by atoms with Crippen LogP contribution in [0.1, 0.15) is 29.3 Å².